The summed E-state index contributed by atoms with van der Waals surface area (Å²) in [5.41, 5.74) is 0.0255. The highest BCUT2D eigenvalue weighted by molar-refractivity contribution is 5.91. The van der Waals surface area contributed by atoms with Gasteiger partial charge in [0.25, 0.3) is 0 Å². The molecule has 120 valence electrons. The van der Waals surface area contributed by atoms with Crippen LogP contribution in [0, 0.1) is 6.92 Å². The third-order valence-electron chi connectivity index (χ3n) is 3.65. The van der Waals surface area contributed by atoms with E-state index in [1.807, 2.05) is 0 Å². The number of aliphatic hydroxyl groups is 1. The normalized spacial score (nSPS) is 13.8. The van der Waals surface area contributed by atoms with Gasteiger partial charge in [-0.15, -0.1) is 0 Å². The van der Waals surface area contributed by atoms with Gasteiger partial charge in [-0.1, -0.05) is 6.07 Å². The van der Waals surface area contributed by atoms with E-state index in [-0.39, 0.29) is 17.1 Å². The first-order valence-electron chi connectivity index (χ1n) is 6.68. The summed E-state index contributed by atoms with van der Waals surface area (Å²) in [6, 6.07) is 2.91. The van der Waals surface area contributed by atoms with Gasteiger partial charge in [-0.25, -0.2) is 4.79 Å². The zero-order valence-electron chi connectivity index (χ0n) is 12.3. The predicted octanol–water partition coefficient (Wildman–Crippen LogP) is 3.67. The fourth-order valence-corrected chi connectivity index (χ4v) is 2.77. The highest BCUT2D eigenvalue weighted by atomic mass is 19.4. The van der Waals surface area contributed by atoms with Crippen LogP contribution < -0.4 is 0 Å². The first-order chi connectivity index (χ1) is 10.1. The second kappa shape index (κ2) is 5.31. The van der Waals surface area contributed by atoms with Gasteiger partial charge in [0.05, 0.1) is 5.56 Å². The molecule has 0 bridgehead atoms. The molecule has 1 aromatic carbocycles. The Labute approximate surface area is 124 Å². The van der Waals surface area contributed by atoms with Gasteiger partial charge in [0, 0.05) is 28.2 Å². The second-order valence-electron chi connectivity index (χ2n) is 5.43. The minimum Gasteiger partial charge on any atom is -0.479 e. The van der Waals surface area contributed by atoms with Crippen molar-refractivity contribution in [2.24, 2.45) is 0 Å². The Morgan fingerprint density at radius 3 is 2.32 bits per heavy atom. The van der Waals surface area contributed by atoms with Crippen LogP contribution in [0.2, 0.25) is 0 Å². The van der Waals surface area contributed by atoms with Crippen molar-refractivity contribution in [3.63, 3.8) is 0 Å². The lowest BCUT2D eigenvalue weighted by atomic mass is 10.0. The van der Waals surface area contributed by atoms with E-state index in [2.05, 4.69) is 0 Å². The first-order valence-corrected chi connectivity index (χ1v) is 6.68. The molecular weight excluding hydrogens is 299 g/mol. The Balaban J connectivity index is 2.84. The highest BCUT2D eigenvalue weighted by Crippen LogP contribution is 2.37. The maximum Gasteiger partial charge on any atom is 0.416 e. The highest BCUT2D eigenvalue weighted by Gasteiger charge is 2.32. The van der Waals surface area contributed by atoms with Gasteiger partial charge in [-0.05, 0) is 32.9 Å². The molecule has 1 aromatic heterocycles. The summed E-state index contributed by atoms with van der Waals surface area (Å²) < 4.78 is 40.3. The molecule has 0 spiro atoms. The van der Waals surface area contributed by atoms with Crippen molar-refractivity contribution in [2.45, 2.75) is 39.1 Å². The Morgan fingerprint density at radius 2 is 1.86 bits per heavy atom. The fraction of sp³-hybridized carbons (Fsp3) is 0.400. The third-order valence-corrected chi connectivity index (χ3v) is 3.65. The van der Waals surface area contributed by atoms with Gasteiger partial charge >= 0.3 is 12.1 Å². The van der Waals surface area contributed by atoms with Crippen molar-refractivity contribution in [3.05, 3.63) is 35.0 Å². The number of aromatic nitrogens is 1. The minimum absolute atomic E-state index is 0.130. The number of halogens is 3. The molecule has 1 atom stereocenters. The number of carbonyl (C=O) groups is 1. The van der Waals surface area contributed by atoms with Crippen LogP contribution in [0.15, 0.2) is 18.2 Å². The fourth-order valence-electron chi connectivity index (χ4n) is 2.77. The average molecular weight is 315 g/mol. The number of hydrogen-bond acceptors (Lipinski definition) is 2. The number of benzene rings is 1. The zero-order chi connectivity index (χ0) is 16.8. The predicted molar refractivity (Wildman–Crippen MR) is 74.7 cm³/mol. The molecule has 0 fully saturated rings. The van der Waals surface area contributed by atoms with Crippen molar-refractivity contribution in [1.29, 1.82) is 0 Å². The summed E-state index contributed by atoms with van der Waals surface area (Å²) in [5.74, 6) is -1.44. The zero-order valence-corrected chi connectivity index (χ0v) is 12.3. The van der Waals surface area contributed by atoms with Crippen LogP contribution in [-0.2, 0) is 11.0 Å². The SMILES string of the molecule is Cc1c(C(O)C(=O)O)c2ccc(C(F)(F)F)cc2n1C(C)C. The molecule has 2 N–H and O–H groups in total. The van der Waals surface area contributed by atoms with E-state index in [0.717, 1.165) is 12.1 Å². The molecule has 22 heavy (non-hydrogen) atoms. The van der Waals surface area contributed by atoms with Gasteiger partial charge in [-0.3, -0.25) is 0 Å². The smallest absolute Gasteiger partial charge is 0.416 e. The van der Waals surface area contributed by atoms with Crippen LogP contribution >= 0.6 is 0 Å². The second-order valence-corrected chi connectivity index (χ2v) is 5.43. The molecule has 7 heteroatoms. The van der Waals surface area contributed by atoms with Gasteiger partial charge in [0.15, 0.2) is 6.10 Å². The summed E-state index contributed by atoms with van der Waals surface area (Å²) >= 11 is 0. The van der Waals surface area contributed by atoms with Crippen LogP contribution in [-0.4, -0.2) is 20.7 Å². The number of fused-ring (bicyclic) bond motifs is 1. The number of alkyl halides is 3. The van der Waals surface area contributed by atoms with Crippen LogP contribution in [0.25, 0.3) is 10.9 Å². The number of rotatable bonds is 3. The number of nitrogens with zero attached hydrogens (tertiary/aromatic N) is 1. The Morgan fingerprint density at radius 1 is 1.27 bits per heavy atom. The minimum atomic E-state index is -4.49. The van der Waals surface area contributed by atoms with Crippen molar-refractivity contribution < 1.29 is 28.2 Å². The van der Waals surface area contributed by atoms with Gasteiger partial charge in [-0.2, -0.15) is 13.2 Å². The largest absolute Gasteiger partial charge is 0.479 e. The molecule has 0 amide bonds. The maximum atomic E-state index is 12.9. The summed E-state index contributed by atoms with van der Waals surface area (Å²) in [5, 5.41) is 19.2. The van der Waals surface area contributed by atoms with Crippen LogP contribution in [0.5, 0.6) is 0 Å². The molecule has 2 aromatic rings. The van der Waals surface area contributed by atoms with E-state index in [0.29, 0.717) is 11.1 Å². The first kappa shape index (κ1) is 16.4. The molecule has 0 aliphatic carbocycles. The lowest BCUT2D eigenvalue weighted by Gasteiger charge is -2.14. The molecule has 1 heterocycles. The molecule has 0 saturated heterocycles. The number of carboxylic acids is 1. The maximum absolute atomic E-state index is 12.9. The molecule has 0 aliphatic rings. The van der Waals surface area contributed by atoms with E-state index in [1.54, 1.807) is 25.3 Å². The van der Waals surface area contributed by atoms with Crippen LogP contribution in [0.4, 0.5) is 13.2 Å². The lowest BCUT2D eigenvalue weighted by Crippen LogP contribution is -2.12. The summed E-state index contributed by atoms with van der Waals surface area (Å²) in [7, 11) is 0. The molecule has 2 rings (SSSR count). The van der Waals surface area contributed by atoms with Crippen molar-refractivity contribution >= 4 is 16.9 Å². The number of hydrogen-bond donors (Lipinski definition) is 2. The Kier molecular flexibility index (Phi) is 3.95. The van der Waals surface area contributed by atoms with Crippen molar-refractivity contribution in [1.82, 2.24) is 4.57 Å². The molecule has 0 saturated carbocycles. The third kappa shape index (κ3) is 2.56. The topological polar surface area (TPSA) is 62.5 Å². The average Bonchev–Trinajstić information content (AvgIpc) is 2.67. The molecule has 1 unspecified atom stereocenters. The molecule has 4 nitrogen and oxygen atoms in total. The van der Waals surface area contributed by atoms with Crippen molar-refractivity contribution in [2.75, 3.05) is 0 Å². The summed E-state index contributed by atoms with van der Waals surface area (Å²) in [4.78, 5) is 11.1. The van der Waals surface area contributed by atoms with E-state index in [9.17, 15) is 23.1 Å². The van der Waals surface area contributed by atoms with E-state index < -0.39 is 23.8 Å². The standard InChI is InChI=1S/C15H16F3NO3/c1-7(2)19-8(3)12(13(20)14(21)22)10-5-4-9(6-11(10)19)15(16,17)18/h4-7,13,20H,1-3H3,(H,21,22). The van der Waals surface area contributed by atoms with Crippen LogP contribution in [0.1, 0.15) is 42.8 Å². The van der Waals surface area contributed by atoms with E-state index in [1.165, 1.54) is 6.07 Å². The number of carboxylic acid groups (broad SMARTS) is 1. The molecule has 0 aliphatic heterocycles. The van der Waals surface area contributed by atoms with Crippen LogP contribution in [0.3, 0.4) is 0 Å². The van der Waals surface area contributed by atoms with Crippen molar-refractivity contribution in [3.8, 4) is 0 Å². The number of aliphatic hydroxyl groups excluding tert-OH is 1. The van der Waals surface area contributed by atoms with Gasteiger partial charge in [0.2, 0.25) is 0 Å². The van der Waals surface area contributed by atoms with E-state index >= 15 is 0 Å². The van der Waals surface area contributed by atoms with Gasteiger partial charge in [0.1, 0.15) is 0 Å². The molecular formula is C15H16F3NO3. The summed E-state index contributed by atoms with van der Waals surface area (Å²) in [6.07, 6.45) is -6.26. The van der Waals surface area contributed by atoms with Gasteiger partial charge < -0.3 is 14.8 Å². The lowest BCUT2D eigenvalue weighted by molar-refractivity contribution is -0.147. The molecule has 0 radical (unpaired) electrons. The quantitative estimate of drug-likeness (QED) is 0.908. The Hall–Kier alpha value is -2.02. The Bertz CT molecular complexity index is 732. The number of aliphatic carboxylic acids is 1. The van der Waals surface area contributed by atoms with E-state index in [4.69, 9.17) is 5.11 Å². The summed E-state index contributed by atoms with van der Waals surface area (Å²) in [6.45, 7) is 5.15. The monoisotopic (exact) mass is 315 g/mol.